The molecule has 0 spiro atoms. The first kappa shape index (κ1) is 22.4. The average molecular weight is 492 g/mol. The highest BCUT2D eigenvalue weighted by molar-refractivity contribution is 6.42. The van der Waals surface area contributed by atoms with Crippen LogP contribution in [0.3, 0.4) is 0 Å². The smallest absolute Gasteiger partial charge is 0.272 e. The molecule has 0 aliphatic carbocycles. The van der Waals surface area contributed by atoms with Crippen LogP contribution in [-0.4, -0.2) is 70.4 Å². The Morgan fingerprint density at radius 3 is 2.70 bits per heavy atom. The SMILES string of the molecule is O=C(c1cc(Cc2c[nH]c(=O)c3cc(Cl)c(Cl)n23)ccc1F)N1CCCN(C2CNC2)CC1. The van der Waals surface area contributed by atoms with Crippen molar-refractivity contribution in [2.75, 3.05) is 39.3 Å². The second-order valence-electron chi connectivity index (χ2n) is 8.60. The van der Waals surface area contributed by atoms with Crippen molar-refractivity contribution in [2.24, 2.45) is 0 Å². The van der Waals surface area contributed by atoms with E-state index in [2.05, 4.69) is 15.2 Å². The van der Waals surface area contributed by atoms with E-state index in [1.807, 2.05) is 0 Å². The van der Waals surface area contributed by atoms with Gasteiger partial charge in [0.05, 0.1) is 10.6 Å². The van der Waals surface area contributed by atoms with Crippen LogP contribution in [0.5, 0.6) is 0 Å². The number of hydrogen-bond donors (Lipinski definition) is 2. The number of hydrogen-bond acceptors (Lipinski definition) is 4. The lowest BCUT2D eigenvalue weighted by Gasteiger charge is -2.37. The standard InChI is InChI=1S/C23H24Cl2FN5O2/c24-18-10-20-22(32)28-13-15(31(20)21(18)25)8-14-2-3-19(26)17(9-14)23(33)30-5-1-4-29(6-7-30)16-11-27-12-16/h2-3,9-10,13,16,27H,1,4-8,11-12H2,(H,28,32). The lowest BCUT2D eigenvalue weighted by atomic mass is 10.0. The van der Waals surface area contributed by atoms with Gasteiger partial charge in [0, 0.05) is 63.6 Å². The molecule has 5 rings (SSSR count). The van der Waals surface area contributed by atoms with Crippen molar-refractivity contribution in [1.29, 1.82) is 0 Å². The number of benzene rings is 1. The minimum absolute atomic E-state index is 0.0589. The first-order chi connectivity index (χ1) is 15.9. The number of carbonyl (C=O) groups excluding carboxylic acids is 1. The van der Waals surface area contributed by atoms with E-state index in [1.54, 1.807) is 27.6 Å². The zero-order chi connectivity index (χ0) is 23.1. The maximum atomic E-state index is 14.7. The molecule has 4 heterocycles. The summed E-state index contributed by atoms with van der Waals surface area (Å²) < 4.78 is 16.3. The highest BCUT2D eigenvalue weighted by Crippen LogP contribution is 2.27. The van der Waals surface area contributed by atoms with Crippen LogP contribution in [0.4, 0.5) is 4.39 Å². The number of aromatic nitrogens is 2. The summed E-state index contributed by atoms with van der Waals surface area (Å²) in [6.07, 6.45) is 2.76. The van der Waals surface area contributed by atoms with Crippen molar-refractivity contribution in [3.63, 3.8) is 0 Å². The highest BCUT2D eigenvalue weighted by Gasteiger charge is 2.28. The molecule has 0 saturated carbocycles. The fraction of sp³-hybridized carbons (Fsp3) is 0.391. The van der Waals surface area contributed by atoms with Gasteiger partial charge in [-0.25, -0.2) is 4.39 Å². The Bertz CT molecular complexity index is 1270. The van der Waals surface area contributed by atoms with Gasteiger partial charge in [0.15, 0.2) is 0 Å². The van der Waals surface area contributed by atoms with Gasteiger partial charge in [0.2, 0.25) is 0 Å². The van der Waals surface area contributed by atoms with Crippen LogP contribution in [-0.2, 0) is 6.42 Å². The molecule has 2 fully saturated rings. The molecule has 0 radical (unpaired) electrons. The van der Waals surface area contributed by atoms with Crippen LogP contribution in [0, 0.1) is 5.82 Å². The average Bonchev–Trinajstić information content (AvgIpc) is 2.93. The van der Waals surface area contributed by atoms with Crippen LogP contribution in [0.2, 0.25) is 10.2 Å². The largest absolute Gasteiger partial charge is 0.337 e. The highest BCUT2D eigenvalue weighted by atomic mass is 35.5. The van der Waals surface area contributed by atoms with E-state index >= 15 is 0 Å². The van der Waals surface area contributed by atoms with Crippen molar-refractivity contribution in [3.8, 4) is 0 Å². The molecule has 0 bridgehead atoms. The van der Waals surface area contributed by atoms with Gasteiger partial charge in [-0.3, -0.25) is 18.9 Å². The van der Waals surface area contributed by atoms with Gasteiger partial charge in [-0.2, -0.15) is 0 Å². The van der Waals surface area contributed by atoms with E-state index in [0.717, 1.165) is 38.2 Å². The van der Waals surface area contributed by atoms with E-state index < -0.39 is 5.82 Å². The van der Waals surface area contributed by atoms with Gasteiger partial charge in [0.1, 0.15) is 16.5 Å². The Morgan fingerprint density at radius 1 is 1.12 bits per heavy atom. The molecule has 10 heteroatoms. The summed E-state index contributed by atoms with van der Waals surface area (Å²) in [5.74, 6) is -0.835. The topological polar surface area (TPSA) is 72.9 Å². The van der Waals surface area contributed by atoms with Crippen LogP contribution in [0.25, 0.3) is 5.52 Å². The van der Waals surface area contributed by atoms with E-state index in [1.165, 1.54) is 12.1 Å². The summed E-state index contributed by atoms with van der Waals surface area (Å²) >= 11 is 12.4. The predicted molar refractivity (Wildman–Crippen MR) is 126 cm³/mol. The van der Waals surface area contributed by atoms with Crippen LogP contribution in [0.1, 0.15) is 28.0 Å². The molecular formula is C23H24Cl2FN5O2. The van der Waals surface area contributed by atoms with E-state index in [0.29, 0.717) is 36.8 Å². The Morgan fingerprint density at radius 2 is 1.94 bits per heavy atom. The summed E-state index contributed by atoms with van der Waals surface area (Å²) in [6, 6.07) is 6.58. The van der Waals surface area contributed by atoms with Crippen LogP contribution >= 0.6 is 23.2 Å². The van der Waals surface area contributed by atoms with Gasteiger partial charge in [0.25, 0.3) is 11.5 Å². The number of nitrogens with one attached hydrogen (secondary N) is 2. The molecule has 2 N–H and O–H groups in total. The van der Waals surface area contributed by atoms with Crippen LogP contribution in [0.15, 0.2) is 35.3 Å². The van der Waals surface area contributed by atoms with E-state index in [4.69, 9.17) is 23.2 Å². The Labute approximate surface area is 200 Å². The first-order valence-electron chi connectivity index (χ1n) is 11.0. The third-order valence-electron chi connectivity index (χ3n) is 6.53. The molecule has 3 aromatic rings. The Hall–Kier alpha value is -2.39. The summed E-state index contributed by atoms with van der Waals surface area (Å²) in [5.41, 5.74) is 1.48. The minimum Gasteiger partial charge on any atom is -0.337 e. The molecule has 174 valence electrons. The summed E-state index contributed by atoms with van der Waals surface area (Å²) in [6.45, 7) is 4.90. The maximum absolute atomic E-state index is 14.7. The second-order valence-corrected chi connectivity index (χ2v) is 9.36. The van der Waals surface area contributed by atoms with E-state index in [9.17, 15) is 14.0 Å². The number of carbonyl (C=O) groups is 1. The third kappa shape index (κ3) is 4.28. The quantitative estimate of drug-likeness (QED) is 0.588. The number of H-pyrrole nitrogens is 1. The van der Waals surface area contributed by atoms with Crippen molar-refractivity contribution in [3.05, 3.63) is 73.6 Å². The lowest BCUT2D eigenvalue weighted by Crippen LogP contribution is -2.57. The molecule has 33 heavy (non-hydrogen) atoms. The number of rotatable bonds is 4. The fourth-order valence-electron chi connectivity index (χ4n) is 4.59. The van der Waals surface area contributed by atoms with Crippen molar-refractivity contribution >= 4 is 34.6 Å². The molecule has 2 aliphatic rings. The van der Waals surface area contributed by atoms with E-state index in [-0.39, 0.29) is 27.2 Å². The number of nitrogens with zero attached hydrogens (tertiary/aromatic N) is 3. The number of fused-ring (bicyclic) bond motifs is 1. The predicted octanol–water partition coefficient (Wildman–Crippen LogP) is 2.78. The van der Waals surface area contributed by atoms with Gasteiger partial charge >= 0.3 is 0 Å². The fourth-order valence-corrected chi connectivity index (χ4v) is 5.03. The molecule has 1 amide bonds. The van der Waals surface area contributed by atoms with Crippen LogP contribution < -0.4 is 10.9 Å². The summed E-state index contributed by atoms with van der Waals surface area (Å²) in [4.78, 5) is 32.2. The first-order valence-corrected chi connectivity index (χ1v) is 11.8. The monoisotopic (exact) mass is 491 g/mol. The Balaban J connectivity index is 1.39. The van der Waals surface area contributed by atoms with Gasteiger partial charge in [-0.1, -0.05) is 29.3 Å². The summed E-state index contributed by atoms with van der Waals surface area (Å²) in [5, 5.41) is 3.80. The Kier molecular flexibility index (Phi) is 6.18. The minimum atomic E-state index is -0.540. The van der Waals surface area contributed by atoms with Crippen molar-refractivity contribution in [1.82, 2.24) is 24.5 Å². The molecule has 0 unspecified atom stereocenters. The normalized spacial score (nSPS) is 17.8. The van der Waals surface area contributed by atoms with Crippen molar-refractivity contribution < 1.29 is 9.18 Å². The molecule has 7 nitrogen and oxygen atoms in total. The molecule has 2 saturated heterocycles. The van der Waals surface area contributed by atoms with Gasteiger partial charge in [-0.15, -0.1) is 0 Å². The maximum Gasteiger partial charge on any atom is 0.272 e. The molecular weight excluding hydrogens is 468 g/mol. The van der Waals surface area contributed by atoms with Gasteiger partial charge < -0.3 is 15.2 Å². The number of halogens is 3. The summed E-state index contributed by atoms with van der Waals surface area (Å²) in [7, 11) is 0. The zero-order valence-electron chi connectivity index (χ0n) is 17.9. The molecule has 2 aromatic heterocycles. The second kappa shape index (κ2) is 9.10. The zero-order valence-corrected chi connectivity index (χ0v) is 19.4. The number of amides is 1. The molecule has 0 atom stereocenters. The molecule has 2 aliphatic heterocycles. The van der Waals surface area contributed by atoms with Crippen molar-refractivity contribution in [2.45, 2.75) is 18.9 Å². The molecule has 1 aromatic carbocycles. The number of aromatic amines is 1. The lowest BCUT2D eigenvalue weighted by molar-refractivity contribution is 0.0749. The third-order valence-corrected chi connectivity index (χ3v) is 7.29. The van der Waals surface area contributed by atoms with Gasteiger partial charge in [-0.05, 0) is 30.2 Å².